The molecule has 2 rings (SSSR count). The molecule has 142 valence electrons. The number of nitrogens with one attached hydrogen (secondary N) is 1. The number of rotatable bonds is 10. The first-order valence-electron chi connectivity index (χ1n) is 7.73. The first kappa shape index (κ1) is 20.1. The van der Waals surface area contributed by atoms with Gasteiger partial charge in [0.25, 0.3) is 5.69 Å². The Morgan fingerprint density at radius 2 is 1.96 bits per heavy atom. The average molecular weight is 390 g/mol. The number of nitrogens with zero attached hydrogens (tertiary/aromatic N) is 3. The first-order chi connectivity index (χ1) is 12.9. The second kappa shape index (κ2) is 8.92. The third-order valence-electron chi connectivity index (χ3n) is 3.38. The monoisotopic (exact) mass is 390 g/mol. The van der Waals surface area contributed by atoms with Crippen LogP contribution >= 0.6 is 0 Å². The summed E-state index contributed by atoms with van der Waals surface area (Å²) in [5.41, 5.74) is 2.32. The van der Waals surface area contributed by atoms with Crippen molar-refractivity contribution < 1.29 is 17.8 Å². The second-order valence-electron chi connectivity index (χ2n) is 5.22. The molecule has 0 bridgehead atoms. The Hall–Kier alpha value is -3.24. The van der Waals surface area contributed by atoms with E-state index in [0.29, 0.717) is 5.76 Å². The third-order valence-corrected chi connectivity index (χ3v) is 5.25. The van der Waals surface area contributed by atoms with E-state index >= 15 is 0 Å². The van der Waals surface area contributed by atoms with Gasteiger partial charge in [-0.15, -0.1) is 13.2 Å². The summed E-state index contributed by atoms with van der Waals surface area (Å²) in [5.74, 6) is 0.453. The minimum Gasteiger partial charge on any atom is -0.463 e. The second-order valence-corrected chi connectivity index (χ2v) is 7.13. The molecule has 1 aromatic carbocycles. The molecule has 0 spiro atoms. The number of hydrogen-bond acceptors (Lipinski definition) is 7. The summed E-state index contributed by atoms with van der Waals surface area (Å²) in [6, 6.07) is 6.79. The van der Waals surface area contributed by atoms with Crippen molar-refractivity contribution in [2.45, 2.75) is 4.90 Å². The van der Waals surface area contributed by atoms with Gasteiger partial charge in [-0.3, -0.25) is 15.5 Å². The molecule has 9 nitrogen and oxygen atoms in total. The molecule has 0 fully saturated rings. The van der Waals surface area contributed by atoms with Crippen molar-refractivity contribution >= 4 is 27.6 Å². The molecule has 0 saturated heterocycles. The summed E-state index contributed by atoms with van der Waals surface area (Å²) in [5, 5.41) is 15.0. The largest absolute Gasteiger partial charge is 0.463 e. The number of anilines is 1. The van der Waals surface area contributed by atoms with Crippen molar-refractivity contribution in [1.29, 1.82) is 0 Å². The van der Waals surface area contributed by atoms with Crippen LogP contribution in [0.4, 0.5) is 11.4 Å². The number of hydrazone groups is 1. The maximum absolute atomic E-state index is 13.0. The Morgan fingerprint density at radius 1 is 1.26 bits per heavy atom. The van der Waals surface area contributed by atoms with Gasteiger partial charge in [0.1, 0.15) is 10.7 Å². The number of hydrogen-bond donors (Lipinski definition) is 1. The molecule has 10 heteroatoms. The predicted octanol–water partition coefficient (Wildman–Crippen LogP) is 3.00. The highest BCUT2D eigenvalue weighted by Gasteiger charge is 2.27. The van der Waals surface area contributed by atoms with Gasteiger partial charge in [-0.2, -0.15) is 9.41 Å². The lowest BCUT2D eigenvalue weighted by molar-refractivity contribution is -0.385. The van der Waals surface area contributed by atoms with E-state index in [0.717, 1.165) is 10.4 Å². The van der Waals surface area contributed by atoms with Crippen LogP contribution in [0, 0.1) is 10.1 Å². The lowest BCUT2D eigenvalue weighted by Gasteiger charge is -2.20. The van der Waals surface area contributed by atoms with Crippen LogP contribution in [0.25, 0.3) is 0 Å². The van der Waals surface area contributed by atoms with E-state index in [1.807, 2.05) is 0 Å². The zero-order valence-electron chi connectivity index (χ0n) is 14.3. The maximum Gasteiger partial charge on any atom is 0.270 e. The standard InChI is InChI=1S/C17H18N4O5S/c1-3-9-20(10-4-2)27(24,25)17-12-14(21(22)23)7-8-16(17)19-18-13-15-6-5-11-26-15/h3-8,11-13,19H,1-2,9-10H2/b18-13+. The molecular formula is C17H18N4O5S. The minimum absolute atomic E-state index is 0.0200. The van der Waals surface area contributed by atoms with E-state index in [9.17, 15) is 18.5 Å². The number of furan rings is 1. The highest BCUT2D eigenvalue weighted by atomic mass is 32.2. The maximum atomic E-state index is 13.0. The van der Waals surface area contributed by atoms with Crippen LogP contribution < -0.4 is 5.43 Å². The van der Waals surface area contributed by atoms with Crippen LogP contribution in [0.15, 0.2) is 76.3 Å². The van der Waals surface area contributed by atoms with Gasteiger partial charge in [-0.05, 0) is 18.2 Å². The Bertz CT molecular complexity index is 942. The van der Waals surface area contributed by atoms with Gasteiger partial charge < -0.3 is 4.42 Å². The average Bonchev–Trinajstić information content (AvgIpc) is 3.15. The summed E-state index contributed by atoms with van der Waals surface area (Å²) in [4.78, 5) is 10.1. The molecular weight excluding hydrogens is 372 g/mol. The van der Waals surface area contributed by atoms with E-state index < -0.39 is 14.9 Å². The molecule has 1 heterocycles. The van der Waals surface area contributed by atoms with Crippen molar-refractivity contribution in [2.75, 3.05) is 18.5 Å². The lowest BCUT2D eigenvalue weighted by Crippen LogP contribution is -2.31. The Morgan fingerprint density at radius 3 is 2.52 bits per heavy atom. The molecule has 0 atom stereocenters. The van der Waals surface area contributed by atoms with Crippen LogP contribution in [-0.2, 0) is 10.0 Å². The van der Waals surface area contributed by atoms with E-state index in [2.05, 4.69) is 23.7 Å². The molecule has 1 aromatic heterocycles. The molecule has 0 unspecified atom stereocenters. The number of nitro groups is 1. The van der Waals surface area contributed by atoms with Gasteiger partial charge in [0.2, 0.25) is 10.0 Å². The summed E-state index contributed by atoms with van der Waals surface area (Å²) < 4.78 is 32.2. The summed E-state index contributed by atoms with van der Waals surface area (Å²) in [6.07, 6.45) is 5.65. The zero-order chi connectivity index (χ0) is 19.9. The van der Waals surface area contributed by atoms with Gasteiger partial charge in [0.15, 0.2) is 0 Å². The minimum atomic E-state index is -4.07. The van der Waals surface area contributed by atoms with E-state index in [1.165, 1.54) is 36.8 Å². The normalized spacial score (nSPS) is 11.6. The van der Waals surface area contributed by atoms with E-state index in [1.54, 1.807) is 12.1 Å². The molecule has 0 amide bonds. The molecule has 0 aliphatic heterocycles. The van der Waals surface area contributed by atoms with E-state index in [-0.39, 0.29) is 29.4 Å². The molecule has 0 saturated carbocycles. The topological polar surface area (TPSA) is 118 Å². The molecule has 1 N–H and O–H groups in total. The number of nitro benzene ring substituents is 1. The lowest BCUT2D eigenvalue weighted by atomic mass is 10.3. The van der Waals surface area contributed by atoms with Crippen molar-refractivity contribution in [3.05, 3.63) is 77.8 Å². The summed E-state index contributed by atoms with van der Waals surface area (Å²) in [7, 11) is -4.07. The fourth-order valence-electron chi connectivity index (χ4n) is 2.16. The van der Waals surface area contributed by atoms with Gasteiger partial charge in [-0.1, -0.05) is 12.2 Å². The molecule has 27 heavy (non-hydrogen) atoms. The number of non-ortho nitro benzene ring substituents is 1. The molecule has 0 aliphatic carbocycles. The Kier molecular flexibility index (Phi) is 6.63. The number of sulfonamides is 1. The van der Waals surface area contributed by atoms with Crippen molar-refractivity contribution in [3.8, 4) is 0 Å². The van der Waals surface area contributed by atoms with Gasteiger partial charge in [-0.25, -0.2) is 8.42 Å². The molecule has 0 aliphatic rings. The van der Waals surface area contributed by atoms with Crippen LogP contribution in [0.3, 0.4) is 0 Å². The fourth-order valence-corrected chi connectivity index (χ4v) is 3.70. The zero-order valence-corrected chi connectivity index (χ0v) is 15.1. The fraction of sp³-hybridized carbons (Fsp3) is 0.118. The summed E-state index contributed by atoms with van der Waals surface area (Å²) in [6.45, 7) is 7.12. The molecule has 0 radical (unpaired) electrons. The highest BCUT2D eigenvalue weighted by molar-refractivity contribution is 7.89. The first-order valence-corrected chi connectivity index (χ1v) is 9.17. The van der Waals surface area contributed by atoms with Crippen molar-refractivity contribution in [2.24, 2.45) is 5.10 Å². The van der Waals surface area contributed by atoms with Gasteiger partial charge >= 0.3 is 0 Å². The number of benzene rings is 1. The molecule has 2 aromatic rings. The van der Waals surface area contributed by atoms with Crippen LogP contribution in [-0.4, -0.2) is 37.0 Å². The van der Waals surface area contributed by atoms with Crippen LogP contribution in [0.2, 0.25) is 0 Å². The summed E-state index contributed by atoms with van der Waals surface area (Å²) >= 11 is 0. The Labute approximate surface area is 156 Å². The highest BCUT2D eigenvalue weighted by Crippen LogP contribution is 2.29. The predicted molar refractivity (Wildman–Crippen MR) is 102 cm³/mol. The smallest absolute Gasteiger partial charge is 0.270 e. The quantitative estimate of drug-likeness (QED) is 0.288. The SMILES string of the molecule is C=CCN(CC=C)S(=O)(=O)c1cc([N+](=O)[O-])ccc1N/N=C/c1ccco1. The van der Waals surface area contributed by atoms with Gasteiger partial charge in [0.05, 0.1) is 23.1 Å². The van der Waals surface area contributed by atoms with Crippen molar-refractivity contribution in [1.82, 2.24) is 4.31 Å². The van der Waals surface area contributed by atoms with Gasteiger partial charge in [0, 0.05) is 25.2 Å². The van der Waals surface area contributed by atoms with E-state index in [4.69, 9.17) is 4.42 Å². The Balaban J connectivity index is 2.46. The third kappa shape index (κ3) is 4.90. The van der Waals surface area contributed by atoms with Crippen molar-refractivity contribution in [3.63, 3.8) is 0 Å². The van der Waals surface area contributed by atoms with Crippen LogP contribution in [0.5, 0.6) is 0 Å². The van der Waals surface area contributed by atoms with Crippen LogP contribution in [0.1, 0.15) is 5.76 Å².